The van der Waals surface area contributed by atoms with Crippen molar-refractivity contribution < 1.29 is 0 Å². The maximum Gasteiger partial charge on any atom is -0.0178 e. The van der Waals surface area contributed by atoms with Gasteiger partial charge in [0.25, 0.3) is 0 Å². The number of rotatable bonds is 1. The fourth-order valence-corrected chi connectivity index (χ4v) is 1.83. The van der Waals surface area contributed by atoms with Gasteiger partial charge in [0.05, 0.1) is 0 Å². The number of hydrogen-bond acceptors (Lipinski definition) is 0. The first-order valence-corrected chi connectivity index (χ1v) is 4.90. The van der Waals surface area contributed by atoms with Gasteiger partial charge in [-0.25, -0.2) is 0 Å². The summed E-state index contributed by atoms with van der Waals surface area (Å²) in [7, 11) is 0.930. The third kappa shape index (κ3) is 0.803. The summed E-state index contributed by atoms with van der Waals surface area (Å²) in [4.78, 5) is 0. The first-order chi connectivity index (χ1) is 4.90. The third-order valence-electron chi connectivity index (χ3n) is 1.80. The Balaban J connectivity index is 2.38. The van der Waals surface area contributed by atoms with Crippen LogP contribution >= 0.6 is 8.58 Å². The SMILES string of the molecule is CPC1=CC2=CC=CC2=C1. The lowest BCUT2D eigenvalue weighted by Gasteiger charge is -1.86. The van der Waals surface area contributed by atoms with Gasteiger partial charge in [0.15, 0.2) is 0 Å². The van der Waals surface area contributed by atoms with Crippen LogP contribution in [0.5, 0.6) is 0 Å². The van der Waals surface area contributed by atoms with E-state index in [-0.39, 0.29) is 0 Å². The fraction of sp³-hybridized carbons (Fsp3) is 0.111. The van der Waals surface area contributed by atoms with Crippen molar-refractivity contribution in [3.63, 3.8) is 0 Å². The minimum absolute atomic E-state index is 0.930. The van der Waals surface area contributed by atoms with Crippen LogP contribution < -0.4 is 0 Å². The van der Waals surface area contributed by atoms with Crippen molar-refractivity contribution in [1.82, 2.24) is 0 Å². The summed E-state index contributed by atoms with van der Waals surface area (Å²) in [6.07, 6.45) is 11.0. The van der Waals surface area contributed by atoms with Crippen molar-refractivity contribution in [1.29, 1.82) is 0 Å². The van der Waals surface area contributed by atoms with Gasteiger partial charge in [-0.1, -0.05) is 26.8 Å². The second kappa shape index (κ2) is 2.21. The molecule has 0 aromatic rings. The summed E-state index contributed by atoms with van der Waals surface area (Å²) in [5.74, 6) is 0. The highest BCUT2D eigenvalue weighted by molar-refractivity contribution is 7.42. The lowest BCUT2D eigenvalue weighted by atomic mass is 10.2. The van der Waals surface area contributed by atoms with E-state index in [1.54, 1.807) is 0 Å². The molecule has 0 saturated heterocycles. The van der Waals surface area contributed by atoms with Crippen molar-refractivity contribution in [3.8, 4) is 0 Å². The van der Waals surface area contributed by atoms with Crippen LogP contribution in [0.15, 0.2) is 46.8 Å². The molecule has 0 radical (unpaired) electrons. The average molecular weight is 148 g/mol. The molecule has 2 aliphatic rings. The molecule has 0 spiro atoms. The van der Waals surface area contributed by atoms with E-state index in [2.05, 4.69) is 37.0 Å². The molecule has 1 heteroatoms. The lowest BCUT2D eigenvalue weighted by Crippen LogP contribution is -1.67. The highest BCUT2D eigenvalue weighted by atomic mass is 31.1. The molecule has 1 atom stereocenters. The minimum atomic E-state index is 0.930. The van der Waals surface area contributed by atoms with E-state index < -0.39 is 0 Å². The van der Waals surface area contributed by atoms with Crippen LogP contribution in [0, 0.1) is 0 Å². The molecular weight excluding hydrogens is 139 g/mol. The summed E-state index contributed by atoms with van der Waals surface area (Å²) in [5, 5.41) is 1.48. The normalized spacial score (nSPS) is 21.5. The molecule has 0 amide bonds. The van der Waals surface area contributed by atoms with Gasteiger partial charge in [0.1, 0.15) is 0 Å². The predicted octanol–water partition coefficient (Wildman–Crippen LogP) is 2.61. The van der Waals surface area contributed by atoms with Gasteiger partial charge in [-0.15, -0.1) is 0 Å². The summed E-state index contributed by atoms with van der Waals surface area (Å²) in [5.41, 5.74) is 2.79. The molecule has 0 heterocycles. The van der Waals surface area contributed by atoms with Crippen LogP contribution in [-0.2, 0) is 0 Å². The van der Waals surface area contributed by atoms with Crippen molar-refractivity contribution in [3.05, 3.63) is 46.8 Å². The van der Waals surface area contributed by atoms with E-state index in [0.29, 0.717) is 0 Å². The Morgan fingerprint density at radius 2 is 2.10 bits per heavy atom. The molecule has 0 aromatic carbocycles. The van der Waals surface area contributed by atoms with Gasteiger partial charge in [0.2, 0.25) is 0 Å². The molecule has 0 bridgehead atoms. The molecule has 0 fully saturated rings. The van der Waals surface area contributed by atoms with E-state index in [4.69, 9.17) is 0 Å². The molecule has 0 aliphatic heterocycles. The van der Waals surface area contributed by atoms with Crippen molar-refractivity contribution in [2.45, 2.75) is 0 Å². The van der Waals surface area contributed by atoms with Gasteiger partial charge in [-0.2, -0.15) is 0 Å². The quantitative estimate of drug-likeness (QED) is 0.501. The van der Waals surface area contributed by atoms with Gasteiger partial charge < -0.3 is 0 Å². The zero-order valence-corrected chi connectivity index (χ0v) is 6.89. The predicted molar refractivity (Wildman–Crippen MR) is 47.6 cm³/mol. The van der Waals surface area contributed by atoms with Crippen molar-refractivity contribution >= 4 is 8.58 Å². The lowest BCUT2D eigenvalue weighted by molar-refractivity contribution is 1.69. The molecule has 0 aromatic heterocycles. The fourth-order valence-electron chi connectivity index (χ4n) is 1.23. The number of fused-ring (bicyclic) bond motifs is 1. The maximum absolute atomic E-state index is 2.27. The average Bonchev–Trinajstić information content (AvgIpc) is 2.42. The molecule has 2 aliphatic carbocycles. The van der Waals surface area contributed by atoms with E-state index in [9.17, 15) is 0 Å². The highest BCUT2D eigenvalue weighted by Gasteiger charge is 2.10. The summed E-state index contributed by atoms with van der Waals surface area (Å²) in [6.45, 7) is 2.22. The van der Waals surface area contributed by atoms with E-state index in [1.807, 2.05) is 0 Å². The molecule has 0 saturated carbocycles. The second-order valence-corrected chi connectivity index (χ2v) is 3.51. The van der Waals surface area contributed by atoms with Gasteiger partial charge in [-0.3, -0.25) is 0 Å². The molecule has 0 nitrogen and oxygen atoms in total. The summed E-state index contributed by atoms with van der Waals surface area (Å²) in [6, 6.07) is 0. The number of allylic oxidation sites excluding steroid dienone is 8. The standard InChI is InChI=1S/C9H9P/c1-10-9-5-7-3-2-4-8(7)6-9/h2-6,10H,1H3. The van der Waals surface area contributed by atoms with E-state index in [0.717, 1.165) is 8.58 Å². The van der Waals surface area contributed by atoms with Crippen LogP contribution in [0.3, 0.4) is 0 Å². The topological polar surface area (TPSA) is 0 Å². The number of hydrogen-bond donors (Lipinski definition) is 0. The minimum Gasteiger partial charge on any atom is -0.0935 e. The maximum atomic E-state index is 2.27. The third-order valence-corrected chi connectivity index (χ3v) is 2.66. The molecule has 0 N–H and O–H groups in total. The molecule has 1 unspecified atom stereocenters. The second-order valence-electron chi connectivity index (χ2n) is 2.43. The van der Waals surface area contributed by atoms with E-state index in [1.165, 1.54) is 16.5 Å². The Morgan fingerprint density at radius 1 is 1.20 bits per heavy atom. The monoisotopic (exact) mass is 148 g/mol. The van der Waals surface area contributed by atoms with Gasteiger partial charge in [-0.05, 0) is 35.3 Å². The van der Waals surface area contributed by atoms with Crippen LogP contribution in [0.2, 0.25) is 0 Å². The first kappa shape index (κ1) is 6.12. The highest BCUT2D eigenvalue weighted by Crippen LogP contribution is 2.35. The Kier molecular flexibility index (Phi) is 1.35. The zero-order valence-electron chi connectivity index (χ0n) is 5.89. The van der Waals surface area contributed by atoms with Crippen LogP contribution in [0.1, 0.15) is 0 Å². The van der Waals surface area contributed by atoms with E-state index >= 15 is 0 Å². The summed E-state index contributed by atoms with van der Waals surface area (Å²) >= 11 is 0. The Hall–Kier alpha value is -0.610. The van der Waals surface area contributed by atoms with Gasteiger partial charge in [0, 0.05) is 0 Å². The van der Waals surface area contributed by atoms with Crippen molar-refractivity contribution in [2.24, 2.45) is 0 Å². The Morgan fingerprint density at radius 3 is 2.80 bits per heavy atom. The molecule has 2 rings (SSSR count). The Labute approximate surface area is 62.8 Å². The smallest absolute Gasteiger partial charge is 0.0178 e. The Bertz CT molecular complexity index is 277. The first-order valence-electron chi connectivity index (χ1n) is 3.40. The largest absolute Gasteiger partial charge is 0.0935 e. The van der Waals surface area contributed by atoms with Crippen LogP contribution in [0.25, 0.3) is 0 Å². The molecule has 50 valence electrons. The van der Waals surface area contributed by atoms with Gasteiger partial charge >= 0.3 is 0 Å². The van der Waals surface area contributed by atoms with Crippen LogP contribution in [0.4, 0.5) is 0 Å². The molecule has 10 heavy (non-hydrogen) atoms. The van der Waals surface area contributed by atoms with Crippen molar-refractivity contribution in [2.75, 3.05) is 6.66 Å². The van der Waals surface area contributed by atoms with Crippen LogP contribution in [-0.4, -0.2) is 6.66 Å². The summed E-state index contributed by atoms with van der Waals surface area (Å²) < 4.78 is 0. The molecular formula is C9H9P. The zero-order chi connectivity index (χ0) is 6.97.